The number of para-hydroxylation sites is 1. The van der Waals surface area contributed by atoms with Gasteiger partial charge in [-0.1, -0.05) is 41.6 Å². The van der Waals surface area contributed by atoms with E-state index in [1.807, 2.05) is 28.8 Å². The van der Waals surface area contributed by atoms with Crippen molar-refractivity contribution in [1.82, 2.24) is 14.8 Å². The maximum atomic E-state index is 12.3. The first-order chi connectivity index (χ1) is 15.1. The molecule has 0 spiro atoms. The Bertz CT molecular complexity index is 1230. The number of anilines is 1. The fourth-order valence-electron chi connectivity index (χ4n) is 3.04. The van der Waals surface area contributed by atoms with Gasteiger partial charge in [-0.05, 0) is 36.4 Å². The highest BCUT2D eigenvalue weighted by molar-refractivity contribution is 7.99. The monoisotopic (exact) mass is 454 g/mol. The van der Waals surface area contributed by atoms with E-state index < -0.39 is 0 Å². The SMILES string of the molecule is C=CCn1c(SCC(=O)Nc2ccc(Cl)cc2)nnc1-c1cc2cccc(OC)c2o1. The normalized spacial score (nSPS) is 10.9. The number of amides is 1. The third kappa shape index (κ3) is 4.60. The lowest BCUT2D eigenvalue weighted by Gasteiger charge is -2.07. The topological polar surface area (TPSA) is 82.2 Å². The van der Waals surface area contributed by atoms with E-state index >= 15 is 0 Å². The van der Waals surface area contributed by atoms with Gasteiger partial charge in [0.05, 0.1) is 12.9 Å². The van der Waals surface area contributed by atoms with Crippen molar-refractivity contribution >= 4 is 45.9 Å². The zero-order valence-electron chi connectivity index (χ0n) is 16.7. The quantitative estimate of drug-likeness (QED) is 0.288. The van der Waals surface area contributed by atoms with Crippen LogP contribution in [-0.4, -0.2) is 33.5 Å². The molecule has 1 N–H and O–H groups in total. The molecule has 0 radical (unpaired) electrons. The number of carbonyl (C=O) groups is 1. The molecule has 7 nitrogen and oxygen atoms in total. The van der Waals surface area contributed by atoms with Crippen molar-refractivity contribution < 1.29 is 13.9 Å². The summed E-state index contributed by atoms with van der Waals surface area (Å²) in [6, 6.07) is 14.5. The summed E-state index contributed by atoms with van der Waals surface area (Å²) in [5.74, 6) is 1.78. The number of nitrogens with zero attached hydrogens (tertiary/aromatic N) is 3. The van der Waals surface area contributed by atoms with Gasteiger partial charge in [-0.25, -0.2) is 0 Å². The fourth-order valence-corrected chi connectivity index (χ4v) is 3.91. The van der Waals surface area contributed by atoms with Gasteiger partial charge in [-0.3, -0.25) is 9.36 Å². The lowest BCUT2D eigenvalue weighted by atomic mass is 10.2. The van der Waals surface area contributed by atoms with Gasteiger partial charge < -0.3 is 14.5 Å². The van der Waals surface area contributed by atoms with Gasteiger partial charge in [0, 0.05) is 22.6 Å². The van der Waals surface area contributed by atoms with E-state index in [1.54, 1.807) is 37.5 Å². The summed E-state index contributed by atoms with van der Waals surface area (Å²) in [7, 11) is 1.60. The zero-order chi connectivity index (χ0) is 21.8. The van der Waals surface area contributed by atoms with Crippen molar-refractivity contribution in [3.05, 3.63) is 66.2 Å². The van der Waals surface area contributed by atoms with E-state index in [1.165, 1.54) is 11.8 Å². The molecule has 9 heteroatoms. The second-order valence-corrected chi connectivity index (χ2v) is 7.92. The summed E-state index contributed by atoms with van der Waals surface area (Å²) in [5.41, 5.74) is 1.32. The molecule has 2 heterocycles. The van der Waals surface area contributed by atoms with Crippen LogP contribution in [0.2, 0.25) is 5.02 Å². The fraction of sp³-hybridized carbons (Fsp3) is 0.136. The van der Waals surface area contributed by atoms with Gasteiger partial charge in [0.2, 0.25) is 11.7 Å². The van der Waals surface area contributed by atoms with Crippen LogP contribution in [-0.2, 0) is 11.3 Å². The van der Waals surface area contributed by atoms with Crippen LogP contribution in [0.3, 0.4) is 0 Å². The minimum absolute atomic E-state index is 0.157. The second-order valence-electron chi connectivity index (χ2n) is 6.54. The molecule has 0 atom stereocenters. The Hall–Kier alpha value is -3.23. The molecule has 2 aromatic carbocycles. The van der Waals surface area contributed by atoms with Gasteiger partial charge in [0.1, 0.15) is 0 Å². The van der Waals surface area contributed by atoms with Crippen LogP contribution in [0.25, 0.3) is 22.6 Å². The van der Waals surface area contributed by atoms with Gasteiger partial charge >= 0.3 is 0 Å². The van der Waals surface area contributed by atoms with Crippen LogP contribution in [0.15, 0.2) is 70.8 Å². The molecule has 1 amide bonds. The summed E-state index contributed by atoms with van der Waals surface area (Å²) >= 11 is 7.16. The average Bonchev–Trinajstić information content (AvgIpc) is 3.38. The van der Waals surface area contributed by atoms with E-state index in [-0.39, 0.29) is 11.7 Å². The average molecular weight is 455 g/mol. The first kappa shape index (κ1) is 21.0. The molecule has 0 saturated carbocycles. The van der Waals surface area contributed by atoms with E-state index in [9.17, 15) is 4.79 Å². The Kier molecular flexibility index (Phi) is 6.29. The summed E-state index contributed by atoms with van der Waals surface area (Å²) in [4.78, 5) is 12.3. The van der Waals surface area contributed by atoms with Gasteiger partial charge in [-0.15, -0.1) is 16.8 Å². The minimum Gasteiger partial charge on any atom is -0.493 e. The van der Waals surface area contributed by atoms with Crippen molar-refractivity contribution in [3.63, 3.8) is 0 Å². The molecule has 0 fully saturated rings. The lowest BCUT2D eigenvalue weighted by Crippen LogP contribution is -2.14. The predicted octanol–water partition coefficient (Wildman–Crippen LogP) is 5.27. The number of hydrogen-bond donors (Lipinski definition) is 1. The smallest absolute Gasteiger partial charge is 0.234 e. The molecule has 31 heavy (non-hydrogen) atoms. The number of rotatable bonds is 8. The Labute approximate surface area is 188 Å². The van der Waals surface area contributed by atoms with Crippen molar-refractivity contribution in [2.24, 2.45) is 0 Å². The van der Waals surface area contributed by atoms with Crippen molar-refractivity contribution in [3.8, 4) is 17.3 Å². The Morgan fingerprint density at radius 2 is 2.10 bits per heavy atom. The molecule has 0 aliphatic carbocycles. The van der Waals surface area contributed by atoms with Crippen LogP contribution in [0.5, 0.6) is 5.75 Å². The molecule has 0 saturated heterocycles. The molecule has 4 aromatic rings. The molecule has 0 aliphatic heterocycles. The van der Waals surface area contributed by atoms with E-state index in [0.29, 0.717) is 45.3 Å². The number of ether oxygens (including phenoxy) is 1. The molecule has 2 aromatic heterocycles. The van der Waals surface area contributed by atoms with Gasteiger partial charge in [0.25, 0.3) is 0 Å². The largest absolute Gasteiger partial charge is 0.493 e. The predicted molar refractivity (Wildman–Crippen MR) is 123 cm³/mol. The molecular formula is C22H19ClN4O3S. The van der Waals surface area contributed by atoms with Gasteiger partial charge in [0.15, 0.2) is 22.2 Å². The van der Waals surface area contributed by atoms with E-state index in [4.69, 9.17) is 20.8 Å². The van der Waals surface area contributed by atoms with Crippen molar-refractivity contribution in [2.75, 3.05) is 18.2 Å². The summed E-state index contributed by atoms with van der Waals surface area (Å²) < 4.78 is 13.2. The number of halogens is 1. The standard InChI is InChI=1S/C22H19ClN4O3S/c1-3-11-27-21(18-12-14-5-4-6-17(29-2)20(14)30-18)25-26-22(27)31-13-19(28)24-16-9-7-15(23)8-10-16/h3-10,12H,1,11,13H2,2H3,(H,24,28). The van der Waals surface area contributed by atoms with Crippen LogP contribution < -0.4 is 10.1 Å². The number of aromatic nitrogens is 3. The first-order valence-corrected chi connectivity index (χ1v) is 10.7. The van der Waals surface area contributed by atoms with E-state index in [0.717, 1.165) is 5.39 Å². The van der Waals surface area contributed by atoms with Crippen LogP contribution in [0.4, 0.5) is 5.69 Å². The number of fused-ring (bicyclic) bond motifs is 1. The highest BCUT2D eigenvalue weighted by atomic mass is 35.5. The number of thioether (sulfide) groups is 1. The molecule has 0 unspecified atom stereocenters. The first-order valence-electron chi connectivity index (χ1n) is 9.38. The maximum absolute atomic E-state index is 12.3. The number of methoxy groups -OCH3 is 1. The molecular weight excluding hydrogens is 436 g/mol. The maximum Gasteiger partial charge on any atom is 0.234 e. The summed E-state index contributed by atoms with van der Waals surface area (Å²) in [5, 5.41) is 13.5. The van der Waals surface area contributed by atoms with E-state index in [2.05, 4.69) is 22.1 Å². The Balaban J connectivity index is 1.54. The summed E-state index contributed by atoms with van der Waals surface area (Å²) in [6.07, 6.45) is 1.74. The number of nitrogens with one attached hydrogen (secondary N) is 1. The molecule has 0 aliphatic rings. The number of carbonyl (C=O) groups excluding carboxylic acids is 1. The van der Waals surface area contributed by atoms with Crippen LogP contribution in [0.1, 0.15) is 0 Å². The Morgan fingerprint density at radius 1 is 1.29 bits per heavy atom. The number of hydrogen-bond acceptors (Lipinski definition) is 6. The second kappa shape index (κ2) is 9.28. The minimum atomic E-state index is -0.157. The van der Waals surface area contributed by atoms with Gasteiger partial charge in [-0.2, -0.15) is 0 Å². The third-order valence-corrected chi connectivity index (χ3v) is 5.66. The summed E-state index contributed by atoms with van der Waals surface area (Å²) in [6.45, 7) is 4.28. The molecule has 158 valence electrons. The third-order valence-electron chi connectivity index (χ3n) is 4.44. The Morgan fingerprint density at radius 3 is 2.84 bits per heavy atom. The van der Waals surface area contributed by atoms with Crippen molar-refractivity contribution in [1.29, 1.82) is 0 Å². The number of allylic oxidation sites excluding steroid dienone is 1. The zero-order valence-corrected chi connectivity index (χ0v) is 18.2. The molecule has 0 bridgehead atoms. The highest BCUT2D eigenvalue weighted by Gasteiger charge is 2.19. The van der Waals surface area contributed by atoms with Crippen molar-refractivity contribution in [2.45, 2.75) is 11.7 Å². The highest BCUT2D eigenvalue weighted by Crippen LogP contribution is 2.33. The number of benzene rings is 2. The number of furan rings is 1. The van der Waals surface area contributed by atoms with Crippen LogP contribution in [0, 0.1) is 0 Å². The molecule has 4 rings (SSSR count). The van der Waals surface area contributed by atoms with Crippen LogP contribution >= 0.6 is 23.4 Å². The lowest BCUT2D eigenvalue weighted by molar-refractivity contribution is -0.113.